The van der Waals surface area contributed by atoms with E-state index in [1.54, 1.807) is 29.2 Å². The number of nitriles is 1. The first-order chi connectivity index (χ1) is 12.6. The highest BCUT2D eigenvalue weighted by atomic mass is 16.5. The molecule has 0 radical (unpaired) electrons. The number of carbonyl (C=O) groups is 2. The van der Waals surface area contributed by atoms with E-state index in [0.717, 1.165) is 11.1 Å². The standard InChI is InChI=1S/C21H20N2O3/c1-15(18-5-3-2-4-6-18)23-13-19(11-20(23)24)21(25)26-14-17-9-7-16(12-22)8-10-17/h2-10,15,19H,11,13-14H2,1H3/t15-,19+/m0/s1. The number of nitrogens with zero attached hydrogens (tertiary/aromatic N) is 2. The summed E-state index contributed by atoms with van der Waals surface area (Å²) in [5.74, 6) is -0.820. The van der Waals surface area contributed by atoms with Crippen LogP contribution in [0.25, 0.3) is 0 Å². The van der Waals surface area contributed by atoms with Crippen LogP contribution in [0.2, 0.25) is 0 Å². The second kappa shape index (κ2) is 7.83. The SMILES string of the molecule is C[C@@H](c1ccccc1)N1C[C@H](C(=O)OCc2ccc(C#N)cc2)CC1=O. The fourth-order valence-corrected chi connectivity index (χ4v) is 3.12. The van der Waals surface area contributed by atoms with Gasteiger partial charge in [0.1, 0.15) is 6.61 Å². The Balaban J connectivity index is 1.57. The van der Waals surface area contributed by atoms with Crippen molar-refractivity contribution in [2.75, 3.05) is 6.54 Å². The van der Waals surface area contributed by atoms with Gasteiger partial charge in [0.25, 0.3) is 0 Å². The van der Waals surface area contributed by atoms with Gasteiger partial charge in [0.05, 0.1) is 23.6 Å². The van der Waals surface area contributed by atoms with Gasteiger partial charge in [-0.3, -0.25) is 9.59 Å². The van der Waals surface area contributed by atoms with Crippen LogP contribution in [0.15, 0.2) is 54.6 Å². The zero-order valence-electron chi connectivity index (χ0n) is 14.6. The van der Waals surface area contributed by atoms with Gasteiger partial charge in [0.15, 0.2) is 0 Å². The van der Waals surface area contributed by atoms with Gasteiger partial charge in [-0.2, -0.15) is 5.26 Å². The second-order valence-corrected chi connectivity index (χ2v) is 6.45. The van der Waals surface area contributed by atoms with Gasteiger partial charge in [0, 0.05) is 13.0 Å². The summed E-state index contributed by atoms with van der Waals surface area (Å²) in [5, 5.41) is 8.80. The quantitative estimate of drug-likeness (QED) is 0.778. The van der Waals surface area contributed by atoms with Crippen molar-refractivity contribution >= 4 is 11.9 Å². The van der Waals surface area contributed by atoms with E-state index in [9.17, 15) is 9.59 Å². The molecule has 2 atom stereocenters. The van der Waals surface area contributed by atoms with E-state index in [1.807, 2.05) is 43.3 Å². The lowest BCUT2D eigenvalue weighted by molar-refractivity contribution is -0.149. The molecule has 1 aliphatic rings. The summed E-state index contributed by atoms with van der Waals surface area (Å²) in [6.07, 6.45) is 0.184. The molecule has 5 nitrogen and oxygen atoms in total. The largest absolute Gasteiger partial charge is 0.461 e. The molecule has 1 heterocycles. The molecule has 0 aliphatic carbocycles. The molecule has 5 heteroatoms. The van der Waals surface area contributed by atoms with Gasteiger partial charge in [-0.1, -0.05) is 42.5 Å². The van der Waals surface area contributed by atoms with Gasteiger partial charge < -0.3 is 9.64 Å². The van der Waals surface area contributed by atoms with E-state index in [1.165, 1.54) is 0 Å². The third-order valence-electron chi connectivity index (χ3n) is 4.71. The van der Waals surface area contributed by atoms with Crippen molar-refractivity contribution in [3.63, 3.8) is 0 Å². The molecule has 132 valence electrons. The maximum absolute atomic E-state index is 12.3. The lowest BCUT2D eigenvalue weighted by Gasteiger charge is -2.25. The van der Waals surface area contributed by atoms with Gasteiger partial charge in [-0.25, -0.2) is 0 Å². The molecule has 1 saturated heterocycles. The number of rotatable bonds is 5. The molecule has 0 unspecified atom stereocenters. The minimum Gasteiger partial charge on any atom is -0.461 e. The van der Waals surface area contributed by atoms with Crippen LogP contribution in [-0.2, 0) is 20.9 Å². The summed E-state index contributed by atoms with van der Waals surface area (Å²) in [6.45, 7) is 2.49. The molecule has 0 saturated carbocycles. The molecule has 0 spiro atoms. The average Bonchev–Trinajstić information content (AvgIpc) is 3.08. The van der Waals surface area contributed by atoms with Crippen LogP contribution in [0.4, 0.5) is 0 Å². The maximum Gasteiger partial charge on any atom is 0.311 e. The van der Waals surface area contributed by atoms with Crippen LogP contribution < -0.4 is 0 Å². The van der Waals surface area contributed by atoms with Crippen LogP contribution in [0.3, 0.4) is 0 Å². The number of hydrogen-bond acceptors (Lipinski definition) is 4. The summed E-state index contributed by atoms with van der Waals surface area (Å²) in [4.78, 5) is 26.4. The Morgan fingerprint density at radius 2 is 1.92 bits per heavy atom. The molecule has 2 aromatic carbocycles. The van der Waals surface area contributed by atoms with E-state index >= 15 is 0 Å². The number of hydrogen-bond donors (Lipinski definition) is 0. The van der Waals surface area contributed by atoms with Crippen molar-refractivity contribution in [2.45, 2.75) is 26.0 Å². The highest BCUT2D eigenvalue weighted by Crippen LogP contribution is 2.29. The summed E-state index contributed by atoms with van der Waals surface area (Å²) < 4.78 is 5.37. The Kier molecular flexibility index (Phi) is 5.33. The number of esters is 1. The van der Waals surface area contributed by atoms with Crippen molar-refractivity contribution in [1.82, 2.24) is 4.90 Å². The van der Waals surface area contributed by atoms with E-state index in [4.69, 9.17) is 10.00 Å². The number of amides is 1. The van der Waals surface area contributed by atoms with Gasteiger partial charge in [-0.15, -0.1) is 0 Å². The Labute approximate surface area is 152 Å². The van der Waals surface area contributed by atoms with Gasteiger partial charge in [-0.05, 0) is 30.2 Å². The molecule has 2 aromatic rings. The Morgan fingerprint density at radius 1 is 1.23 bits per heavy atom. The summed E-state index contributed by atoms with van der Waals surface area (Å²) in [6, 6.07) is 18.6. The minimum atomic E-state index is -0.438. The molecule has 1 fully saturated rings. The predicted molar refractivity (Wildman–Crippen MR) is 95.6 cm³/mol. The Morgan fingerprint density at radius 3 is 2.58 bits per heavy atom. The van der Waals surface area contributed by atoms with Crippen molar-refractivity contribution in [1.29, 1.82) is 5.26 Å². The van der Waals surface area contributed by atoms with E-state index in [-0.39, 0.29) is 30.9 Å². The fourth-order valence-electron chi connectivity index (χ4n) is 3.12. The number of likely N-dealkylation sites (tertiary alicyclic amines) is 1. The zero-order valence-corrected chi connectivity index (χ0v) is 14.6. The highest BCUT2D eigenvalue weighted by molar-refractivity contribution is 5.87. The van der Waals surface area contributed by atoms with E-state index in [0.29, 0.717) is 12.1 Å². The number of benzene rings is 2. The first-order valence-electron chi connectivity index (χ1n) is 8.58. The second-order valence-electron chi connectivity index (χ2n) is 6.45. The molecular formula is C21H20N2O3. The van der Waals surface area contributed by atoms with Gasteiger partial charge >= 0.3 is 5.97 Å². The van der Waals surface area contributed by atoms with Crippen molar-refractivity contribution < 1.29 is 14.3 Å². The lowest BCUT2D eigenvalue weighted by atomic mass is 10.1. The third kappa shape index (κ3) is 3.92. The lowest BCUT2D eigenvalue weighted by Crippen LogP contribution is -2.29. The smallest absolute Gasteiger partial charge is 0.311 e. The first kappa shape index (κ1) is 17.7. The normalized spacial score (nSPS) is 17.6. The molecule has 3 rings (SSSR count). The zero-order chi connectivity index (χ0) is 18.5. The molecule has 0 N–H and O–H groups in total. The average molecular weight is 348 g/mol. The number of ether oxygens (including phenoxy) is 1. The van der Waals surface area contributed by atoms with Gasteiger partial charge in [0.2, 0.25) is 5.91 Å². The van der Waals surface area contributed by atoms with Crippen LogP contribution >= 0.6 is 0 Å². The third-order valence-corrected chi connectivity index (χ3v) is 4.71. The molecule has 26 heavy (non-hydrogen) atoms. The molecule has 1 aliphatic heterocycles. The first-order valence-corrected chi connectivity index (χ1v) is 8.58. The molecular weight excluding hydrogens is 328 g/mol. The topological polar surface area (TPSA) is 70.4 Å². The fraction of sp³-hybridized carbons (Fsp3) is 0.286. The van der Waals surface area contributed by atoms with Crippen molar-refractivity contribution in [3.8, 4) is 6.07 Å². The van der Waals surface area contributed by atoms with Crippen molar-refractivity contribution in [2.24, 2.45) is 5.92 Å². The summed E-state index contributed by atoms with van der Waals surface area (Å²) in [5.41, 5.74) is 2.43. The van der Waals surface area contributed by atoms with Crippen LogP contribution in [0.5, 0.6) is 0 Å². The van der Waals surface area contributed by atoms with Crippen molar-refractivity contribution in [3.05, 3.63) is 71.3 Å². The Bertz CT molecular complexity index is 825. The highest BCUT2D eigenvalue weighted by Gasteiger charge is 2.37. The Hall–Kier alpha value is -3.13. The molecule has 0 bridgehead atoms. The number of carbonyl (C=O) groups excluding carboxylic acids is 2. The van der Waals surface area contributed by atoms with Crippen LogP contribution in [0, 0.1) is 17.2 Å². The predicted octanol–water partition coefficient (Wildman–Crippen LogP) is 3.21. The van der Waals surface area contributed by atoms with Crippen LogP contribution in [-0.4, -0.2) is 23.3 Å². The molecule has 0 aromatic heterocycles. The van der Waals surface area contributed by atoms with E-state index in [2.05, 4.69) is 0 Å². The summed E-state index contributed by atoms with van der Waals surface area (Å²) in [7, 11) is 0. The molecule has 1 amide bonds. The van der Waals surface area contributed by atoms with E-state index < -0.39 is 5.92 Å². The summed E-state index contributed by atoms with van der Waals surface area (Å²) >= 11 is 0. The maximum atomic E-state index is 12.3. The van der Waals surface area contributed by atoms with Crippen LogP contribution in [0.1, 0.15) is 36.1 Å². The monoisotopic (exact) mass is 348 g/mol. The minimum absolute atomic E-state index is 0.0262.